The maximum atomic E-state index is 12.9. The van der Waals surface area contributed by atoms with Crippen LogP contribution in [0.1, 0.15) is 23.0 Å². The van der Waals surface area contributed by atoms with Gasteiger partial charge in [-0.15, -0.1) is 0 Å². The smallest absolute Gasteiger partial charge is 0.375 e. The molecular formula is C25H20N2O7. The highest BCUT2D eigenvalue weighted by Gasteiger charge is 2.26. The third-order valence-corrected chi connectivity index (χ3v) is 4.99. The third kappa shape index (κ3) is 5.04. The highest BCUT2D eigenvalue weighted by molar-refractivity contribution is 5.99. The largest absolute Gasteiger partial charge is 0.489 e. The number of hydrogen-bond donors (Lipinski definition) is 1. The molecule has 0 saturated heterocycles. The molecule has 3 aromatic carbocycles. The zero-order valence-electron chi connectivity index (χ0n) is 18.1. The number of rotatable bonds is 8. The van der Waals surface area contributed by atoms with E-state index in [1.165, 1.54) is 31.2 Å². The van der Waals surface area contributed by atoms with Crippen molar-refractivity contribution in [2.75, 3.05) is 5.32 Å². The van der Waals surface area contributed by atoms with Crippen LogP contribution < -0.4 is 10.1 Å². The van der Waals surface area contributed by atoms with Crippen molar-refractivity contribution in [2.45, 2.75) is 19.6 Å². The van der Waals surface area contributed by atoms with Crippen LogP contribution in [0, 0.1) is 10.1 Å². The van der Waals surface area contributed by atoms with Crippen LogP contribution >= 0.6 is 0 Å². The Bertz CT molecular complexity index is 1350. The molecule has 1 atom stereocenters. The van der Waals surface area contributed by atoms with Crippen LogP contribution in [0.3, 0.4) is 0 Å². The summed E-state index contributed by atoms with van der Waals surface area (Å²) in [7, 11) is 0. The normalized spacial score (nSPS) is 11.6. The fourth-order valence-electron chi connectivity index (χ4n) is 3.29. The second-order valence-corrected chi connectivity index (χ2v) is 7.35. The van der Waals surface area contributed by atoms with Crippen LogP contribution in [0.15, 0.2) is 83.3 Å². The number of fused-ring (bicyclic) bond motifs is 1. The van der Waals surface area contributed by atoms with E-state index in [-0.39, 0.29) is 23.7 Å². The lowest BCUT2D eigenvalue weighted by Crippen LogP contribution is -2.30. The van der Waals surface area contributed by atoms with Crippen molar-refractivity contribution in [3.63, 3.8) is 0 Å². The first kappa shape index (κ1) is 22.5. The number of furan rings is 1. The molecule has 1 amide bonds. The molecule has 0 radical (unpaired) electrons. The quantitative estimate of drug-likeness (QED) is 0.220. The summed E-state index contributed by atoms with van der Waals surface area (Å²) in [5.41, 5.74) is 1.01. The molecule has 0 unspecified atom stereocenters. The first-order valence-electron chi connectivity index (χ1n) is 10.4. The highest BCUT2D eigenvalue weighted by Crippen LogP contribution is 2.28. The predicted molar refractivity (Wildman–Crippen MR) is 124 cm³/mol. The zero-order valence-corrected chi connectivity index (χ0v) is 18.1. The summed E-state index contributed by atoms with van der Waals surface area (Å²) in [6.07, 6.45) is -1.19. The lowest BCUT2D eigenvalue weighted by Gasteiger charge is -2.13. The van der Waals surface area contributed by atoms with E-state index in [4.69, 9.17) is 13.9 Å². The number of ether oxygens (including phenoxy) is 2. The fourth-order valence-corrected chi connectivity index (χ4v) is 3.29. The van der Waals surface area contributed by atoms with Gasteiger partial charge < -0.3 is 19.2 Å². The van der Waals surface area contributed by atoms with Gasteiger partial charge in [0.25, 0.3) is 11.6 Å². The van der Waals surface area contributed by atoms with Crippen molar-refractivity contribution in [3.05, 3.63) is 100 Å². The summed E-state index contributed by atoms with van der Waals surface area (Å²) >= 11 is 0. The zero-order chi connectivity index (χ0) is 24.1. The SMILES string of the molecule is C[C@@H](OC(=O)c1oc2ccccc2c1COc1ccccc1)C(=O)Nc1cccc([N+](=O)[O-])c1. The molecule has 0 aliphatic rings. The minimum atomic E-state index is -1.19. The van der Waals surface area contributed by atoms with E-state index in [2.05, 4.69) is 5.32 Å². The molecule has 0 saturated carbocycles. The number of carbonyl (C=O) groups excluding carboxylic acids is 2. The first-order chi connectivity index (χ1) is 16.4. The van der Waals surface area contributed by atoms with E-state index in [1.54, 1.807) is 30.3 Å². The van der Waals surface area contributed by atoms with Gasteiger partial charge in [0.05, 0.1) is 10.5 Å². The molecule has 0 fully saturated rings. The summed E-state index contributed by atoms with van der Waals surface area (Å²) in [5, 5.41) is 14.1. The Labute approximate surface area is 194 Å². The summed E-state index contributed by atoms with van der Waals surface area (Å²) in [6, 6.07) is 21.7. The molecule has 172 valence electrons. The number of nitrogens with zero attached hydrogens (tertiary/aromatic N) is 1. The molecule has 1 N–H and O–H groups in total. The molecule has 0 aliphatic heterocycles. The van der Waals surface area contributed by atoms with Gasteiger partial charge in [-0.1, -0.05) is 42.5 Å². The molecule has 1 heterocycles. The average molecular weight is 460 g/mol. The highest BCUT2D eigenvalue weighted by atomic mass is 16.6. The van der Waals surface area contributed by atoms with Gasteiger partial charge in [0.1, 0.15) is 17.9 Å². The summed E-state index contributed by atoms with van der Waals surface area (Å²) < 4.78 is 16.9. The van der Waals surface area contributed by atoms with Gasteiger partial charge >= 0.3 is 5.97 Å². The molecular weight excluding hydrogens is 440 g/mol. The number of non-ortho nitro benzene ring substituents is 1. The number of anilines is 1. The van der Waals surface area contributed by atoms with Gasteiger partial charge in [0.15, 0.2) is 6.10 Å². The summed E-state index contributed by atoms with van der Waals surface area (Å²) in [5.74, 6) is -0.916. The number of esters is 1. The number of carbonyl (C=O) groups is 2. The van der Waals surface area contributed by atoms with Crippen LogP contribution in [-0.2, 0) is 16.1 Å². The van der Waals surface area contributed by atoms with Crippen molar-refractivity contribution < 1.29 is 28.4 Å². The van der Waals surface area contributed by atoms with E-state index >= 15 is 0 Å². The Hall–Kier alpha value is -4.66. The topological polar surface area (TPSA) is 121 Å². The van der Waals surface area contributed by atoms with Crippen molar-refractivity contribution in [2.24, 2.45) is 0 Å². The molecule has 9 nitrogen and oxygen atoms in total. The number of nitro benzene ring substituents is 1. The molecule has 9 heteroatoms. The average Bonchev–Trinajstić information content (AvgIpc) is 3.22. The van der Waals surface area contributed by atoms with Crippen LogP contribution in [0.5, 0.6) is 5.75 Å². The van der Waals surface area contributed by atoms with Crippen molar-refractivity contribution in [1.29, 1.82) is 0 Å². The van der Waals surface area contributed by atoms with E-state index < -0.39 is 22.9 Å². The lowest BCUT2D eigenvalue weighted by atomic mass is 10.1. The summed E-state index contributed by atoms with van der Waals surface area (Å²) in [6.45, 7) is 1.45. The standard InChI is InChI=1S/C25H20N2O7/c1-16(24(28)26-17-8-7-9-18(14-17)27(30)31)33-25(29)23-21(15-32-19-10-3-2-4-11-19)20-12-5-6-13-22(20)34-23/h2-14,16H,15H2,1H3,(H,26,28)/t16-/m1/s1. The molecule has 4 aromatic rings. The number of amides is 1. The van der Waals surface area contributed by atoms with E-state index in [9.17, 15) is 19.7 Å². The number of nitro groups is 1. The lowest BCUT2D eigenvalue weighted by molar-refractivity contribution is -0.384. The fraction of sp³-hybridized carbons (Fsp3) is 0.120. The van der Waals surface area contributed by atoms with Crippen molar-refractivity contribution in [3.8, 4) is 5.75 Å². The number of nitrogens with one attached hydrogen (secondary N) is 1. The minimum absolute atomic E-state index is 0.0553. The molecule has 1 aromatic heterocycles. The van der Waals surface area contributed by atoms with Crippen LogP contribution in [0.4, 0.5) is 11.4 Å². The molecule has 4 rings (SSSR count). The van der Waals surface area contributed by atoms with Gasteiger partial charge in [0, 0.05) is 23.2 Å². The third-order valence-electron chi connectivity index (χ3n) is 4.99. The summed E-state index contributed by atoms with van der Waals surface area (Å²) in [4.78, 5) is 35.8. The molecule has 0 spiro atoms. The monoisotopic (exact) mass is 460 g/mol. The second kappa shape index (κ2) is 9.86. The Morgan fingerprint density at radius 2 is 1.76 bits per heavy atom. The number of hydrogen-bond acceptors (Lipinski definition) is 7. The van der Waals surface area contributed by atoms with E-state index in [0.29, 0.717) is 22.3 Å². The van der Waals surface area contributed by atoms with Crippen LogP contribution in [0.2, 0.25) is 0 Å². The Morgan fingerprint density at radius 3 is 2.53 bits per heavy atom. The van der Waals surface area contributed by atoms with Gasteiger partial charge in [-0.2, -0.15) is 0 Å². The minimum Gasteiger partial charge on any atom is -0.489 e. The second-order valence-electron chi connectivity index (χ2n) is 7.35. The predicted octanol–water partition coefficient (Wildman–Crippen LogP) is 5.10. The maximum absolute atomic E-state index is 12.9. The molecule has 34 heavy (non-hydrogen) atoms. The Balaban J connectivity index is 1.50. The van der Waals surface area contributed by atoms with Crippen molar-refractivity contribution >= 4 is 34.2 Å². The Kier molecular flexibility index (Phi) is 6.54. The Morgan fingerprint density at radius 1 is 1.03 bits per heavy atom. The van der Waals surface area contributed by atoms with Gasteiger partial charge in [-0.25, -0.2) is 4.79 Å². The van der Waals surface area contributed by atoms with Gasteiger partial charge in [-0.05, 0) is 31.2 Å². The molecule has 0 bridgehead atoms. The van der Waals surface area contributed by atoms with E-state index in [0.717, 1.165) is 0 Å². The first-order valence-corrected chi connectivity index (χ1v) is 10.4. The van der Waals surface area contributed by atoms with E-state index in [1.807, 2.05) is 24.3 Å². The van der Waals surface area contributed by atoms with Gasteiger partial charge in [-0.3, -0.25) is 14.9 Å². The number of benzene rings is 3. The van der Waals surface area contributed by atoms with Gasteiger partial charge in [0.2, 0.25) is 5.76 Å². The van der Waals surface area contributed by atoms with Crippen LogP contribution in [0.25, 0.3) is 11.0 Å². The maximum Gasteiger partial charge on any atom is 0.375 e. The molecule has 0 aliphatic carbocycles. The van der Waals surface area contributed by atoms with Crippen molar-refractivity contribution in [1.82, 2.24) is 0 Å². The van der Waals surface area contributed by atoms with Crippen LogP contribution in [-0.4, -0.2) is 22.9 Å². The number of para-hydroxylation sites is 2.